The van der Waals surface area contributed by atoms with Crippen LogP contribution in [0.2, 0.25) is 0 Å². The first kappa shape index (κ1) is 12.2. The maximum atomic E-state index is 11.4. The van der Waals surface area contributed by atoms with Crippen LogP contribution in [0.4, 0.5) is 5.69 Å². The minimum absolute atomic E-state index is 0.444. The number of benzene rings is 1. The van der Waals surface area contributed by atoms with E-state index in [4.69, 9.17) is 0 Å². The van der Waals surface area contributed by atoms with E-state index < -0.39 is 11.8 Å². The highest BCUT2D eigenvalue weighted by atomic mass is 16.2. The van der Waals surface area contributed by atoms with Crippen molar-refractivity contribution in [2.75, 3.05) is 11.9 Å². The van der Waals surface area contributed by atoms with Gasteiger partial charge >= 0.3 is 11.8 Å². The number of carbonyl (C=O) groups excluding carboxylic acids is 2. The van der Waals surface area contributed by atoms with Gasteiger partial charge in [0.2, 0.25) is 0 Å². The average Bonchev–Trinajstić information content (AvgIpc) is 2.16. The van der Waals surface area contributed by atoms with Gasteiger partial charge in [-0.3, -0.25) is 9.59 Å². The van der Waals surface area contributed by atoms with Crippen molar-refractivity contribution in [3.05, 3.63) is 29.3 Å². The number of anilines is 1. The molecule has 0 bridgehead atoms. The van der Waals surface area contributed by atoms with E-state index in [1.54, 1.807) is 6.92 Å². The number of rotatable bonds is 2. The summed E-state index contributed by atoms with van der Waals surface area (Å²) in [6, 6.07) is 5.65. The summed E-state index contributed by atoms with van der Waals surface area (Å²) in [7, 11) is 0. The molecule has 1 aromatic rings. The van der Waals surface area contributed by atoms with Gasteiger partial charge in [0.1, 0.15) is 0 Å². The molecule has 0 aliphatic heterocycles. The Hall–Kier alpha value is -1.84. The molecule has 0 saturated carbocycles. The Balaban J connectivity index is 2.73. The van der Waals surface area contributed by atoms with Gasteiger partial charge in [0.25, 0.3) is 0 Å². The second kappa shape index (κ2) is 5.30. The van der Waals surface area contributed by atoms with Crippen LogP contribution >= 0.6 is 0 Å². The highest BCUT2D eigenvalue weighted by molar-refractivity contribution is 6.39. The molecule has 16 heavy (non-hydrogen) atoms. The molecule has 0 aliphatic rings. The van der Waals surface area contributed by atoms with E-state index in [1.807, 2.05) is 32.0 Å². The van der Waals surface area contributed by atoms with Crippen molar-refractivity contribution in [3.8, 4) is 0 Å². The van der Waals surface area contributed by atoms with Crippen LogP contribution in [-0.4, -0.2) is 18.4 Å². The van der Waals surface area contributed by atoms with E-state index in [2.05, 4.69) is 10.6 Å². The van der Waals surface area contributed by atoms with Crippen molar-refractivity contribution in [2.24, 2.45) is 0 Å². The zero-order valence-electron chi connectivity index (χ0n) is 9.76. The third-order valence-corrected chi connectivity index (χ3v) is 2.02. The molecule has 4 nitrogen and oxygen atoms in total. The maximum absolute atomic E-state index is 11.4. The van der Waals surface area contributed by atoms with Crippen LogP contribution in [0.15, 0.2) is 18.2 Å². The maximum Gasteiger partial charge on any atom is 0.313 e. The van der Waals surface area contributed by atoms with Crippen LogP contribution in [0.25, 0.3) is 0 Å². The van der Waals surface area contributed by atoms with E-state index in [0.29, 0.717) is 12.2 Å². The van der Waals surface area contributed by atoms with Crippen LogP contribution in [0.5, 0.6) is 0 Å². The Morgan fingerprint density at radius 1 is 1.06 bits per heavy atom. The highest BCUT2D eigenvalue weighted by Gasteiger charge is 2.12. The molecule has 0 fully saturated rings. The smallest absolute Gasteiger partial charge is 0.313 e. The lowest BCUT2D eigenvalue weighted by Gasteiger charge is -2.07. The number of likely N-dealkylation sites (N-methyl/N-ethyl adjacent to an activating group) is 1. The first-order valence-electron chi connectivity index (χ1n) is 5.20. The minimum Gasteiger partial charge on any atom is -0.348 e. The van der Waals surface area contributed by atoms with E-state index in [-0.39, 0.29) is 0 Å². The molecule has 2 amide bonds. The summed E-state index contributed by atoms with van der Waals surface area (Å²) >= 11 is 0. The van der Waals surface area contributed by atoms with Crippen LogP contribution in [0.3, 0.4) is 0 Å². The summed E-state index contributed by atoms with van der Waals surface area (Å²) in [6.07, 6.45) is 0. The summed E-state index contributed by atoms with van der Waals surface area (Å²) in [5.74, 6) is -1.24. The fraction of sp³-hybridized carbons (Fsp3) is 0.333. The summed E-state index contributed by atoms with van der Waals surface area (Å²) < 4.78 is 0. The van der Waals surface area contributed by atoms with Crippen molar-refractivity contribution in [2.45, 2.75) is 20.8 Å². The van der Waals surface area contributed by atoms with E-state index in [1.165, 1.54) is 0 Å². The van der Waals surface area contributed by atoms with Gasteiger partial charge in [0, 0.05) is 12.2 Å². The Kier molecular flexibility index (Phi) is 4.05. The third kappa shape index (κ3) is 3.38. The molecule has 0 spiro atoms. The van der Waals surface area contributed by atoms with Gasteiger partial charge in [-0.2, -0.15) is 0 Å². The fourth-order valence-corrected chi connectivity index (χ4v) is 1.48. The molecule has 0 atom stereocenters. The van der Waals surface area contributed by atoms with Gasteiger partial charge in [-0.1, -0.05) is 6.07 Å². The predicted molar refractivity (Wildman–Crippen MR) is 63.2 cm³/mol. The summed E-state index contributed by atoms with van der Waals surface area (Å²) in [5, 5.41) is 5.00. The minimum atomic E-state index is -0.633. The molecule has 0 unspecified atom stereocenters. The van der Waals surface area contributed by atoms with Gasteiger partial charge in [-0.25, -0.2) is 0 Å². The molecule has 0 aromatic heterocycles. The lowest BCUT2D eigenvalue weighted by molar-refractivity contribution is -0.136. The standard InChI is InChI=1S/C12H16N2O2/c1-4-13-11(15)12(16)14-10-6-8(2)5-9(3)7-10/h5-7H,4H2,1-3H3,(H,13,15)(H,14,16). The Labute approximate surface area is 95.0 Å². The second-order valence-corrected chi connectivity index (χ2v) is 3.69. The van der Waals surface area contributed by atoms with E-state index in [0.717, 1.165) is 11.1 Å². The van der Waals surface area contributed by atoms with Gasteiger partial charge in [-0.15, -0.1) is 0 Å². The van der Waals surface area contributed by atoms with E-state index in [9.17, 15) is 9.59 Å². The molecule has 1 aromatic carbocycles. The van der Waals surface area contributed by atoms with Crippen LogP contribution < -0.4 is 10.6 Å². The van der Waals surface area contributed by atoms with Crippen molar-refractivity contribution in [3.63, 3.8) is 0 Å². The lowest BCUT2D eigenvalue weighted by Crippen LogP contribution is -2.35. The fourth-order valence-electron chi connectivity index (χ4n) is 1.48. The van der Waals surface area contributed by atoms with Crippen molar-refractivity contribution < 1.29 is 9.59 Å². The molecular formula is C12H16N2O2. The number of amides is 2. The molecular weight excluding hydrogens is 204 g/mol. The SMILES string of the molecule is CCNC(=O)C(=O)Nc1cc(C)cc(C)c1. The molecule has 0 radical (unpaired) electrons. The first-order chi connectivity index (χ1) is 7.52. The normalized spacial score (nSPS) is 9.69. The Morgan fingerprint density at radius 3 is 2.12 bits per heavy atom. The number of carbonyl (C=O) groups is 2. The van der Waals surface area contributed by atoms with Crippen LogP contribution in [0, 0.1) is 13.8 Å². The first-order valence-corrected chi connectivity index (χ1v) is 5.20. The molecule has 86 valence electrons. The monoisotopic (exact) mass is 220 g/mol. The molecule has 4 heteroatoms. The van der Waals surface area contributed by atoms with E-state index >= 15 is 0 Å². The largest absolute Gasteiger partial charge is 0.348 e. The lowest BCUT2D eigenvalue weighted by atomic mass is 10.1. The van der Waals surface area contributed by atoms with Gasteiger partial charge in [0.05, 0.1) is 0 Å². The molecule has 0 heterocycles. The quantitative estimate of drug-likeness (QED) is 0.740. The molecule has 0 saturated heterocycles. The number of nitrogens with one attached hydrogen (secondary N) is 2. The Bertz CT molecular complexity index is 393. The number of hydrogen-bond donors (Lipinski definition) is 2. The molecule has 0 aliphatic carbocycles. The third-order valence-electron chi connectivity index (χ3n) is 2.02. The van der Waals surface area contributed by atoms with Crippen LogP contribution in [-0.2, 0) is 9.59 Å². The average molecular weight is 220 g/mol. The second-order valence-electron chi connectivity index (χ2n) is 3.69. The Morgan fingerprint density at radius 2 is 1.62 bits per heavy atom. The number of aryl methyl sites for hydroxylation is 2. The van der Waals surface area contributed by atoms with Gasteiger partial charge < -0.3 is 10.6 Å². The van der Waals surface area contributed by atoms with Gasteiger partial charge in [0.15, 0.2) is 0 Å². The topological polar surface area (TPSA) is 58.2 Å². The van der Waals surface area contributed by atoms with Crippen LogP contribution in [0.1, 0.15) is 18.1 Å². The van der Waals surface area contributed by atoms with Crippen molar-refractivity contribution in [1.82, 2.24) is 5.32 Å². The highest BCUT2D eigenvalue weighted by Crippen LogP contribution is 2.13. The molecule has 1 rings (SSSR count). The summed E-state index contributed by atoms with van der Waals surface area (Å²) in [5.41, 5.74) is 2.74. The zero-order valence-corrected chi connectivity index (χ0v) is 9.76. The zero-order chi connectivity index (χ0) is 12.1. The van der Waals surface area contributed by atoms with Crippen molar-refractivity contribution >= 4 is 17.5 Å². The summed E-state index contributed by atoms with van der Waals surface area (Å²) in [6.45, 7) is 6.09. The molecule has 2 N–H and O–H groups in total. The van der Waals surface area contributed by atoms with Crippen molar-refractivity contribution in [1.29, 1.82) is 0 Å². The predicted octanol–water partition coefficient (Wildman–Crippen LogP) is 1.38. The summed E-state index contributed by atoms with van der Waals surface area (Å²) in [4.78, 5) is 22.6. The van der Waals surface area contributed by atoms with Gasteiger partial charge in [-0.05, 0) is 44.0 Å². The number of hydrogen-bond acceptors (Lipinski definition) is 2.